The molecule has 0 saturated carbocycles. The van der Waals surface area contributed by atoms with E-state index >= 15 is 0 Å². The smallest absolute Gasteiger partial charge is 0.277 e. The fourth-order valence-electron chi connectivity index (χ4n) is 2.11. The Balaban J connectivity index is 2.09. The summed E-state index contributed by atoms with van der Waals surface area (Å²) in [6.07, 6.45) is 0. The molecule has 98 valence electrons. The second-order valence-corrected chi connectivity index (χ2v) is 4.47. The zero-order valence-corrected chi connectivity index (χ0v) is 10.9. The number of aromatic amines is 1. The second-order valence-electron chi connectivity index (χ2n) is 4.47. The van der Waals surface area contributed by atoms with Crippen LogP contribution < -0.4 is 11.1 Å². The molecule has 0 aliphatic rings. The maximum Gasteiger partial charge on any atom is 0.349 e. The molecule has 7 nitrogen and oxygen atoms in total. The van der Waals surface area contributed by atoms with Crippen LogP contribution in [0.5, 0.6) is 0 Å². The van der Waals surface area contributed by atoms with Crippen molar-refractivity contribution < 1.29 is 0 Å². The Bertz CT molecular complexity index is 790. The number of hydrogen-bond donors (Lipinski definition) is 2. The lowest BCUT2D eigenvalue weighted by Gasteiger charge is -2.12. The van der Waals surface area contributed by atoms with Gasteiger partial charge in [-0.15, -0.1) is 0 Å². The monoisotopic (exact) mass is 258 g/mol. The molecular weight excluding hydrogens is 244 g/mol. The summed E-state index contributed by atoms with van der Waals surface area (Å²) in [5.74, 6) is 1.23. The van der Waals surface area contributed by atoms with Crippen LogP contribution in [0.3, 0.4) is 0 Å². The maximum absolute atomic E-state index is 11.5. The molecule has 0 amide bonds. The molecule has 3 aromatic heterocycles. The topological polar surface area (TPSA) is 80.0 Å². The predicted molar refractivity (Wildman–Crippen MR) is 71.3 cm³/mol. The molecule has 0 fully saturated rings. The Kier molecular flexibility index (Phi) is 2.41. The minimum absolute atomic E-state index is 0.278. The third-order valence-electron chi connectivity index (χ3n) is 3.07. The van der Waals surface area contributed by atoms with Gasteiger partial charge in [0.05, 0.1) is 0 Å². The quantitative estimate of drug-likeness (QED) is 0.719. The lowest BCUT2D eigenvalue weighted by atomic mass is 10.5. The van der Waals surface area contributed by atoms with Gasteiger partial charge in [-0.1, -0.05) is 0 Å². The van der Waals surface area contributed by atoms with Crippen molar-refractivity contribution in [3.63, 3.8) is 0 Å². The van der Waals surface area contributed by atoms with Gasteiger partial charge in [-0.25, -0.2) is 19.3 Å². The van der Waals surface area contributed by atoms with E-state index in [4.69, 9.17) is 0 Å². The van der Waals surface area contributed by atoms with Crippen molar-refractivity contribution in [1.29, 1.82) is 0 Å². The highest BCUT2D eigenvalue weighted by atomic mass is 16.1. The summed E-state index contributed by atoms with van der Waals surface area (Å²) in [7, 11) is 0. The van der Waals surface area contributed by atoms with Crippen molar-refractivity contribution in [3.05, 3.63) is 45.9 Å². The molecule has 0 aromatic carbocycles. The Hall–Kier alpha value is -2.57. The Morgan fingerprint density at radius 1 is 1.21 bits per heavy atom. The van der Waals surface area contributed by atoms with Crippen molar-refractivity contribution in [2.24, 2.45) is 0 Å². The normalized spacial score (nSPS) is 11.1. The average Bonchev–Trinajstić information content (AvgIpc) is 2.87. The number of fused-ring (bicyclic) bond motifs is 1. The third kappa shape index (κ3) is 1.79. The minimum Gasteiger partial charge on any atom is -0.277 e. The van der Waals surface area contributed by atoms with Crippen LogP contribution in [0.1, 0.15) is 17.2 Å². The number of anilines is 1. The highest BCUT2D eigenvalue weighted by molar-refractivity contribution is 5.49. The minimum atomic E-state index is -0.278. The maximum atomic E-state index is 11.5. The van der Waals surface area contributed by atoms with E-state index in [1.807, 2.05) is 30.7 Å². The first-order chi connectivity index (χ1) is 9.06. The van der Waals surface area contributed by atoms with Gasteiger partial charge in [0, 0.05) is 17.5 Å². The number of nitrogens with one attached hydrogen (secondary N) is 2. The molecule has 0 spiro atoms. The van der Waals surface area contributed by atoms with Crippen molar-refractivity contribution in [1.82, 2.24) is 24.3 Å². The summed E-state index contributed by atoms with van der Waals surface area (Å²) in [5.41, 5.74) is 5.62. The summed E-state index contributed by atoms with van der Waals surface area (Å²) < 4.78 is 3.36. The lowest BCUT2D eigenvalue weighted by Crippen LogP contribution is -2.17. The number of nitrogens with zero attached hydrogens (tertiary/aromatic N) is 4. The van der Waals surface area contributed by atoms with Crippen molar-refractivity contribution in [3.8, 4) is 0 Å². The van der Waals surface area contributed by atoms with Gasteiger partial charge in [0.25, 0.3) is 0 Å². The van der Waals surface area contributed by atoms with Crippen LogP contribution in [-0.4, -0.2) is 24.3 Å². The standard InChI is InChI=1S/C12H14N6O/c1-7-4-5-8(2)18(7)16-10-6-11-14-15-12(19)17(11)9(3)13-10/h4-6,16H,1-3H3,(H,15,19). The van der Waals surface area contributed by atoms with Gasteiger partial charge >= 0.3 is 5.69 Å². The van der Waals surface area contributed by atoms with Crippen LogP contribution >= 0.6 is 0 Å². The van der Waals surface area contributed by atoms with E-state index < -0.39 is 0 Å². The Labute approximate surface area is 108 Å². The molecule has 0 aliphatic carbocycles. The number of aryl methyl sites for hydroxylation is 3. The van der Waals surface area contributed by atoms with Gasteiger partial charge in [-0.2, -0.15) is 5.10 Å². The zero-order chi connectivity index (χ0) is 13.6. The first kappa shape index (κ1) is 11.5. The van der Waals surface area contributed by atoms with Crippen LogP contribution in [-0.2, 0) is 0 Å². The zero-order valence-electron chi connectivity index (χ0n) is 10.9. The fourth-order valence-corrected chi connectivity index (χ4v) is 2.11. The van der Waals surface area contributed by atoms with E-state index in [2.05, 4.69) is 20.6 Å². The molecule has 19 heavy (non-hydrogen) atoms. The van der Waals surface area contributed by atoms with Crippen LogP contribution in [0.4, 0.5) is 5.82 Å². The molecule has 0 atom stereocenters. The fraction of sp³-hybridized carbons (Fsp3) is 0.250. The Morgan fingerprint density at radius 3 is 2.58 bits per heavy atom. The van der Waals surface area contributed by atoms with Crippen LogP contribution in [0.2, 0.25) is 0 Å². The summed E-state index contributed by atoms with van der Waals surface area (Å²) in [4.78, 5) is 15.9. The van der Waals surface area contributed by atoms with Gasteiger partial charge in [-0.3, -0.25) is 10.1 Å². The molecule has 0 bridgehead atoms. The summed E-state index contributed by atoms with van der Waals surface area (Å²) in [6.45, 7) is 5.78. The molecule has 7 heteroatoms. The number of hydrogen-bond acceptors (Lipinski definition) is 4. The van der Waals surface area contributed by atoms with E-state index in [1.165, 1.54) is 4.40 Å². The van der Waals surface area contributed by atoms with Crippen molar-refractivity contribution in [2.45, 2.75) is 20.8 Å². The van der Waals surface area contributed by atoms with E-state index in [9.17, 15) is 4.79 Å². The number of aromatic nitrogens is 5. The van der Waals surface area contributed by atoms with E-state index in [0.29, 0.717) is 17.3 Å². The van der Waals surface area contributed by atoms with E-state index in [0.717, 1.165) is 11.4 Å². The molecule has 3 heterocycles. The van der Waals surface area contributed by atoms with Crippen LogP contribution in [0, 0.1) is 20.8 Å². The molecule has 0 radical (unpaired) electrons. The molecule has 3 rings (SSSR count). The molecular formula is C12H14N6O. The molecule has 2 N–H and O–H groups in total. The molecule has 3 aromatic rings. The van der Waals surface area contributed by atoms with Crippen molar-refractivity contribution in [2.75, 3.05) is 5.43 Å². The van der Waals surface area contributed by atoms with Gasteiger partial charge in [0.1, 0.15) is 5.82 Å². The first-order valence-electron chi connectivity index (χ1n) is 5.93. The largest absolute Gasteiger partial charge is 0.349 e. The predicted octanol–water partition coefficient (Wildman–Crippen LogP) is 1.02. The summed E-state index contributed by atoms with van der Waals surface area (Å²) in [5, 5.41) is 6.36. The summed E-state index contributed by atoms with van der Waals surface area (Å²) in [6, 6.07) is 5.77. The molecule has 0 unspecified atom stereocenters. The SMILES string of the molecule is Cc1ccc(C)n1Nc1cc2n[nH]c(=O)n2c(C)n1. The van der Waals surface area contributed by atoms with E-state index in [-0.39, 0.29) is 5.69 Å². The second kappa shape index (κ2) is 3.98. The molecule has 0 aliphatic heterocycles. The number of rotatable bonds is 2. The lowest BCUT2D eigenvalue weighted by molar-refractivity contribution is 0.856. The van der Waals surface area contributed by atoms with Crippen molar-refractivity contribution >= 4 is 11.5 Å². The van der Waals surface area contributed by atoms with Gasteiger partial charge in [0.2, 0.25) is 0 Å². The highest BCUT2D eigenvalue weighted by Gasteiger charge is 2.08. The van der Waals surface area contributed by atoms with Gasteiger partial charge < -0.3 is 0 Å². The third-order valence-corrected chi connectivity index (χ3v) is 3.07. The summed E-state index contributed by atoms with van der Waals surface area (Å²) >= 11 is 0. The van der Waals surface area contributed by atoms with Gasteiger partial charge in [-0.05, 0) is 32.9 Å². The first-order valence-corrected chi connectivity index (χ1v) is 5.93. The van der Waals surface area contributed by atoms with E-state index in [1.54, 1.807) is 13.0 Å². The number of H-pyrrole nitrogens is 1. The molecule has 0 saturated heterocycles. The Morgan fingerprint density at radius 2 is 1.89 bits per heavy atom. The van der Waals surface area contributed by atoms with Gasteiger partial charge in [0.15, 0.2) is 11.5 Å². The van der Waals surface area contributed by atoms with Crippen LogP contribution in [0.15, 0.2) is 23.0 Å². The van der Waals surface area contributed by atoms with Crippen LogP contribution in [0.25, 0.3) is 5.65 Å². The highest BCUT2D eigenvalue weighted by Crippen LogP contribution is 2.12. The average molecular weight is 258 g/mol.